The standard InChI is InChI=1S/C23H35N6O6PS/c1-4-34-36(32,35-5-2)16-12-7-6-11-15-33-17-29-21(19(20(24)30)27-28-29)25-23(37-3)26-22(31)18-13-9-8-10-14-18/h8-10,13-14H,4-7,11-12,15-17H2,1-3H3,(H2,24,30)(H,25,26,31). The fraction of sp³-hybridized carbons (Fsp3) is 0.522. The van der Waals surface area contributed by atoms with Crippen molar-refractivity contribution in [3.05, 3.63) is 41.6 Å². The van der Waals surface area contributed by atoms with Gasteiger partial charge in [0.2, 0.25) is 0 Å². The molecule has 2 aromatic rings. The lowest BCUT2D eigenvalue weighted by Gasteiger charge is -2.16. The summed E-state index contributed by atoms with van der Waals surface area (Å²) in [5.74, 6) is -1.05. The second-order valence-electron chi connectivity index (χ2n) is 7.69. The zero-order valence-corrected chi connectivity index (χ0v) is 23.1. The third-order valence-electron chi connectivity index (χ3n) is 4.94. The number of amides is 2. The number of nitrogens with two attached hydrogens (primary N) is 1. The van der Waals surface area contributed by atoms with Crippen molar-refractivity contribution in [1.29, 1.82) is 0 Å². The summed E-state index contributed by atoms with van der Waals surface area (Å²) in [6.45, 7) is 4.73. The molecule has 0 aliphatic carbocycles. The Morgan fingerprint density at radius 1 is 1.11 bits per heavy atom. The molecule has 0 radical (unpaired) electrons. The minimum atomic E-state index is -3.00. The number of unbranched alkanes of at least 4 members (excludes halogenated alkanes) is 3. The monoisotopic (exact) mass is 554 g/mol. The van der Waals surface area contributed by atoms with Crippen molar-refractivity contribution in [2.24, 2.45) is 10.7 Å². The number of primary amides is 1. The summed E-state index contributed by atoms with van der Waals surface area (Å²) in [7, 11) is -3.00. The van der Waals surface area contributed by atoms with E-state index < -0.39 is 13.5 Å². The summed E-state index contributed by atoms with van der Waals surface area (Å²) in [6, 6.07) is 8.68. The SMILES string of the molecule is CCOP(=O)(CCCCCCOCn1nnc(C(N)=O)c1/N=C(/NC(=O)c1ccccc1)SC)OCC. The molecule has 1 aromatic heterocycles. The van der Waals surface area contributed by atoms with E-state index >= 15 is 0 Å². The Hall–Kier alpha value is -2.57. The molecule has 2 rings (SSSR count). The van der Waals surface area contributed by atoms with Gasteiger partial charge in [-0.05, 0) is 45.1 Å². The van der Waals surface area contributed by atoms with Crippen molar-refractivity contribution in [3.63, 3.8) is 0 Å². The van der Waals surface area contributed by atoms with E-state index in [-0.39, 0.29) is 29.3 Å². The van der Waals surface area contributed by atoms with Crippen LogP contribution in [0.25, 0.3) is 0 Å². The van der Waals surface area contributed by atoms with Crippen molar-refractivity contribution in [1.82, 2.24) is 20.3 Å². The number of benzene rings is 1. The highest BCUT2D eigenvalue weighted by Gasteiger charge is 2.22. The highest BCUT2D eigenvalue weighted by Crippen LogP contribution is 2.48. The Bertz CT molecular complexity index is 1070. The van der Waals surface area contributed by atoms with Crippen LogP contribution in [0.4, 0.5) is 5.82 Å². The maximum Gasteiger partial charge on any atom is 0.330 e. The highest BCUT2D eigenvalue weighted by molar-refractivity contribution is 8.13. The van der Waals surface area contributed by atoms with Crippen LogP contribution < -0.4 is 11.1 Å². The average Bonchev–Trinajstić information content (AvgIpc) is 3.28. The molecule has 14 heteroatoms. The van der Waals surface area contributed by atoms with Crippen LogP contribution in [-0.2, 0) is 25.1 Å². The van der Waals surface area contributed by atoms with Gasteiger partial charge in [-0.3, -0.25) is 14.2 Å². The van der Waals surface area contributed by atoms with E-state index in [4.69, 9.17) is 19.5 Å². The van der Waals surface area contributed by atoms with E-state index in [1.165, 1.54) is 16.4 Å². The highest BCUT2D eigenvalue weighted by atomic mass is 32.2. The normalized spacial score (nSPS) is 12.0. The average molecular weight is 555 g/mol. The van der Waals surface area contributed by atoms with Gasteiger partial charge in [0.1, 0.15) is 6.73 Å². The van der Waals surface area contributed by atoms with Gasteiger partial charge < -0.3 is 24.8 Å². The first kappa shape index (κ1) is 30.7. The molecule has 0 atom stereocenters. The van der Waals surface area contributed by atoms with Crippen molar-refractivity contribution < 1.29 is 27.9 Å². The molecule has 1 heterocycles. The summed E-state index contributed by atoms with van der Waals surface area (Å²) < 4.78 is 30.1. The van der Waals surface area contributed by atoms with Crippen molar-refractivity contribution in [2.75, 3.05) is 32.2 Å². The van der Waals surface area contributed by atoms with Gasteiger partial charge in [0.05, 0.1) is 19.4 Å². The third-order valence-corrected chi connectivity index (χ3v) is 7.68. The predicted molar refractivity (Wildman–Crippen MR) is 143 cm³/mol. The van der Waals surface area contributed by atoms with Gasteiger partial charge in [-0.25, -0.2) is 9.67 Å². The smallest absolute Gasteiger partial charge is 0.330 e. The molecule has 0 aliphatic heterocycles. The van der Waals surface area contributed by atoms with Gasteiger partial charge in [0, 0.05) is 12.2 Å². The molecule has 0 saturated heterocycles. The van der Waals surface area contributed by atoms with Crippen LogP contribution in [0.3, 0.4) is 0 Å². The number of nitrogens with zero attached hydrogens (tertiary/aromatic N) is 4. The Balaban J connectivity index is 1.89. The van der Waals surface area contributed by atoms with Gasteiger partial charge in [-0.1, -0.05) is 48.0 Å². The molecule has 0 aliphatic rings. The largest absolute Gasteiger partial charge is 0.364 e. The molecule has 0 spiro atoms. The number of amidine groups is 1. The topological polar surface area (TPSA) is 160 Å². The summed E-state index contributed by atoms with van der Waals surface area (Å²) >= 11 is 1.19. The number of carbonyl (C=O) groups excluding carboxylic acids is 2. The molecular formula is C23H35N6O6PS. The number of hydrogen-bond donors (Lipinski definition) is 2. The number of rotatable bonds is 16. The molecule has 37 heavy (non-hydrogen) atoms. The molecule has 0 bridgehead atoms. The summed E-state index contributed by atoms with van der Waals surface area (Å²) in [4.78, 5) is 28.7. The second kappa shape index (κ2) is 16.3. The molecule has 3 N–H and O–H groups in total. The molecule has 0 fully saturated rings. The van der Waals surface area contributed by atoms with E-state index in [1.807, 2.05) is 6.07 Å². The van der Waals surface area contributed by atoms with Crippen molar-refractivity contribution in [3.8, 4) is 0 Å². The van der Waals surface area contributed by atoms with E-state index in [1.54, 1.807) is 44.4 Å². The molecule has 0 saturated carbocycles. The fourth-order valence-corrected chi connectivity index (χ4v) is 5.32. The van der Waals surface area contributed by atoms with Crippen LogP contribution in [0.1, 0.15) is 60.4 Å². The molecule has 0 unspecified atom stereocenters. The molecule has 12 nitrogen and oxygen atoms in total. The molecule has 1 aromatic carbocycles. The zero-order valence-electron chi connectivity index (χ0n) is 21.4. The van der Waals surface area contributed by atoms with Gasteiger partial charge in [-0.2, -0.15) is 0 Å². The Kier molecular flexibility index (Phi) is 13.5. The number of aromatic nitrogens is 3. The number of ether oxygens (including phenoxy) is 1. The Morgan fingerprint density at radius 2 is 1.78 bits per heavy atom. The van der Waals surface area contributed by atoms with Crippen LogP contribution in [-0.4, -0.2) is 64.2 Å². The minimum absolute atomic E-state index is 0.00269. The predicted octanol–water partition coefficient (Wildman–Crippen LogP) is 3.96. The molecule has 204 valence electrons. The van der Waals surface area contributed by atoms with Crippen LogP contribution in [0.2, 0.25) is 0 Å². The summed E-state index contributed by atoms with van der Waals surface area (Å²) in [5, 5.41) is 10.7. The lowest BCUT2D eigenvalue weighted by atomic mass is 10.2. The lowest BCUT2D eigenvalue weighted by molar-refractivity contribution is 0.0659. The first-order chi connectivity index (χ1) is 17.8. The van der Waals surface area contributed by atoms with E-state index in [0.29, 0.717) is 31.5 Å². The van der Waals surface area contributed by atoms with Crippen molar-refractivity contribution in [2.45, 2.75) is 46.3 Å². The van der Waals surface area contributed by atoms with E-state index in [2.05, 4.69) is 20.6 Å². The van der Waals surface area contributed by atoms with Gasteiger partial charge in [0.15, 0.2) is 16.7 Å². The van der Waals surface area contributed by atoms with Gasteiger partial charge in [-0.15, -0.1) is 5.10 Å². The third kappa shape index (κ3) is 10.4. The van der Waals surface area contributed by atoms with Crippen LogP contribution >= 0.6 is 19.4 Å². The first-order valence-corrected chi connectivity index (χ1v) is 15.0. The van der Waals surface area contributed by atoms with Crippen LogP contribution in [0.15, 0.2) is 35.3 Å². The minimum Gasteiger partial charge on any atom is -0.364 e. The number of thioether (sulfide) groups is 1. The lowest BCUT2D eigenvalue weighted by Crippen LogP contribution is -2.28. The number of nitrogens with one attached hydrogen (secondary N) is 1. The van der Waals surface area contributed by atoms with Crippen LogP contribution in [0.5, 0.6) is 0 Å². The Labute approximate surface area is 221 Å². The van der Waals surface area contributed by atoms with Gasteiger partial charge in [0.25, 0.3) is 11.8 Å². The van der Waals surface area contributed by atoms with Gasteiger partial charge >= 0.3 is 7.60 Å². The van der Waals surface area contributed by atoms with E-state index in [0.717, 1.165) is 25.7 Å². The zero-order chi connectivity index (χ0) is 27.1. The summed E-state index contributed by atoms with van der Waals surface area (Å²) in [6.07, 6.45) is 5.36. The maximum atomic E-state index is 12.5. The molecular weight excluding hydrogens is 519 g/mol. The number of carbonyl (C=O) groups is 2. The number of hydrogen-bond acceptors (Lipinski definition) is 10. The fourth-order valence-electron chi connectivity index (χ4n) is 3.22. The maximum absolute atomic E-state index is 12.5. The second-order valence-corrected chi connectivity index (χ2v) is 10.7. The molecule has 2 amide bonds. The Morgan fingerprint density at radius 3 is 2.41 bits per heavy atom. The summed E-state index contributed by atoms with van der Waals surface area (Å²) in [5.41, 5.74) is 5.77. The van der Waals surface area contributed by atoms with Crippen LogP contribution in [0, 0.1) is 0 Å². The quantitative estimate of drug-likeness (QED) is 0.135. The first-order valence-electron chi connectivity index (χ1n) is 12.0. The number of aliphatic imine (C=N–C) groups is 1. The van der Waals surface area contributed by atoms with E-state index in [9.17, 15) is 14.2 Å². The van der Waals surface area contributed by atoms with Crippen molar-refractivity contribution >= 4 is 42.2 Å².